The molecule has 0 radical (unpaired) electrons. The number of hydrogen-bond donors (Lipinski definition) is 4. The topological polar surface area (TPSA) is 126 Å². The van der Waals surface area contributed by atoms with Gasteiger partial charge in [-0.15, -0.1) is 0 Å². The van der Waals surface area contributed by atoms with E-state index in [4.69, 9.17) is 11.1 Å². The van der Waals surface area contributed by atoms with E-state index in [9.17, 15) is 9.59 Å². The quantitative estimate of drug-likeness (QED) is 0.438. The number of nitrogens with two attached hydrogens (primary N) is 1. The van der Waals surface area contributed by atoms with Gasteiger partial charge in [0.15, 0.2) is 0 Å². The van der Waals surface area contributed by atoms with Gasteiger partial charge in [-0.25, -0.2) is 4.98 Å². The Morgan fingerprint density at radius 1 is 1.21 bits per heavy atom. The predicted molar refractivity (Wildman–Crippen MR) is 111 cm³/mol. The molecule has 2 aliphatic rings. The molecule has 1 amide bonds. The number of anilines is 1. The molecule has 0 unspecified atom stereocenters. The summed E-state index contributed by atoms with van der Waals surface area (Å²) in [5.41, 5.74) is 7.34. The summed E-state index contributed by atoms with van der Waals surface area (Å²) in [6.07, 6.45) is 7.28. The molecule has 8 heteroatoms. The lowest BCUT2D eigenvalue weighted by Gasteiger charge is -2.17. The molecule has 0 spiro atoms. The Labute approximate surface area is 169 Å². The molecular weight excluding hydrogens is 368 g/mol. The number of rotatable bonds is 6. The lowest BCUT2D eigenvalue weighted by molar-refractivity contribution is -0.124. The van der Waals surface area contributed by atoms with Crippen molar-refractivity contribution in [3.8, 4) is 0 Å². The summed E-state index contributed by atoms with van der Waals surface area (Å²) in [4.78, 5) is 30.2. The van der Waals surface area contributed by atoms with Gasteiger partial charge in [0.1, 0.15) is 23.4 Å². The second-order valence-electron chi connectivity index (χ2n) is 7.77. The van der Waals surface area contributed by atoms with E-state index in [1.807, 2.05) is 12.1 Å². The number of nitrogen functional groups attached to an aromatic ring is 1. The molecule has 5 N–H and O–H groups in total. The average molecular weight is 394 g/mol. The maximum atomic E-state index is 13.0. The fraction of sp³-hybridized carbons (Fsp3) is 0.429. The largest absolute Gasteiger partial charge is 0.384 e. The number of nitrogens with zero attached hydrogens (tertiary/aromatic N) is 2. The molecule has 152 valence electrons. The molecule has 8 nitrogen and oxygen atoms in total. The fourth-order valence-corrected chi connectivity index (χ4v) is 4.15. The van der Waals surface area contributed by atoms with Crippen LogP contribution in [-0.2, 0) is 17.8 Å². The second kappa shape index (κ2) is 8.06. The third kappa shape index (κ3) is 4.01. The van der Waals surface area contributed by atoms with Gasteiger partial charge in [-0.1, -0.05) is 37.1 Å². The molecule has 4 rings (SSSR count). The SMILES string of the molecule is N=C(N)c1ccc(CNC(=O)[C@@H]2CCc3ncc(NC4CCCC4)c(=O)n32)cc1. The number of carbonyl (C=O) groups excluding carboxylic acids is 1. The van der Waals surface area contributed by atoms with Crippen molar-refractivity contribution < 1.29 is 4.79 Å². The zero-order valence-corrected chi connectivity index (χ0v) is 16.3. The summed E-state index contributed by atoms with van der Waals surface area (Å²) in [5, 5.41) is 13.7. The first-order valence-corrected chi connectivity index (χ1v) is 10.1. The minimum Gasteiger partial charge on any atom is -0.384 e. The van der Waals surface area contributed by atoms with Crippen LogP contribution < -0.4 is 21.9 Å². The lowest BCUT2D eigenvalue weighted by atomic mass is 10.1. The summed E-state index contributed by atoms with van der Waals surface area (Å²) in [5.74, 6) is 0.497. The minimum atomic E-state index is -0.535. The van der Waals surface area contributed by atoms with E-state index in [0.717, 1.165) is 18.4 Å². The Balaban J connectivity index is 1.45. The Kier molecular flexibility index (Phi) is 5.33. The van der Waals surface area contributed by atoms with Crippen LogP contribution in [0.5, 0.6) is 0 Å². The van der Waals surface area contributed by atoms with Gasteiger partial charge in [-0.05, 0) is 24.8 Å². The van der Waals surface area contributed by atoms with Crippen LogP contribution in [0.15, 0.2) is 35.3 Å². The molecule has 0 saturated heterocycles. The van der Waals surface area contributed by atoms with Crippen LogP contribution in [0.4, 0.5) is 5.69 Å². The molecular formula is C21H26N6O2. The first-order chi connectivity index (χ1) is 14.0. The molecule has 1 aliphatic carbocycles. The van der Waals surface area contributed by atoms with E-state index < -0.39 is 6.04 Å². The Hall–Kier alpha value is -3.16. The summed E-state index contributed by atoms with van der Waals surface area (Å²) < 4.78 is 1.55. The third-order valence-corrected chi connectivity index (χ3v) is 5.77. The maximum Gasteiger partial charge on any atom is 0.277 e. The van der Waals surface area contributed by atoms with Crippen LogP contribution in [0.1, 0.15) is 55.1 Å². The highest BCUT2D eigenvalue weighted by atomic mass is 16.2. The molecule has 0 bridgehead atoms. The normalized spacial score (nSPS) is 18.4. The van der Waals surface area contributed by atoms with Crippen LogP contribution in [0.2, 0.25) is 0 Å². The molecule has 2 aromatic rings. The monoisotopic (exact) mass is 394 g/mol. The summed E-state index contributed by atoms with van der Waals surface area (Å²) in [6.45, 7) is 0.352. The van der Waals surface area contributed by atoms with Crippen molar-refractivity contribution in [3.05, 3.63) is 57.8 Å². The van der Waals surface area contributed by atoms with Crippen LogP contribution >= 0.6 is 0 Å². The van der Waals surface area contributed by atoms with Gasteiger partial charge in [0, 0.05) is 24.6 Å². The number of hydrogen-bond acceptors (Lipinski definition) is 5. The number of carbonyl (C=O) groups is 1. The molecule has 1 aromatic carbocycles. The fourth-order valence-electron chi connectivity index (χ4n) is 4.15. The van der Waals surface area contributed by atoms with Gasteiger partial charge in [0.05, 0.1) is 6.20 Å². The second-order valence-corrected chi connectivity index (χ2v) is 7.77. The first-order valence-electron chi connectivity index (χ1n) is 10.1. The van der Waals surface area contributed by atoms with Crippen molar-refractivity contribution in [1.82, 2.24) is 14.9 Å². The van der Waals surface area contributed by atoms with E-state index in [-0.39, 0.29) is 17.3 Å². The zero-order valence-electron chi connectivity index (χ0n) is 16.3. The van der Waals surface area contributed by atoms with E-state index in [1.54, 1.807) is 22.9 Å². The molecule has 29 heavy (non-hydrogen) atoms. The zero-order chi connectivity index (χ0) is 20.4. The molecule has 1 saturated carbocycles. The molecule has 1 fully saturated rings. The minimum absolute atomic E-state index is 0.0111. The molecule has 1 atom stereocenters. The van der Waals surface area contributed by atoms with Crippen molar-refractivity contribution in [2.24, 2.45) is 5.73 Å². The van der Waals surface area contributed by atoms with Crippen LogP contribution in [-0.4, -0.2) is 27.3 Å². The number of aryl methyl sites for hydroxylation is 1. The van der Waals surface area contributed by atoms with Gasteiger partial charge in [0.25, 0.3) is 5.56 Å². The van der Waals surface area contributed by atoms with Gasteiger partial charge in [-0.2, -0.15) is 0 Å². The number of aromatic nitrogens is 2. The van der Waals surface area contributed by atoms with Crippen molar-refractivity contribution in [1.29, 1.82) is 5.41 Å². The Morgan fingerprint density at radius 2 is 1.93 bits per heavy atom. The first kappa shape index (κ1) is 19.2. The van der Waals surface area contributed by atoms with Crippen molar-refractivity contribution in [2.75, 3.05) is 5.32 Å². The predicted octanol–water partition coefficient (Wildman–Crippen LogP) is 1.69. The number of amidine groups is 1. The number of amides is 1. The summed E-state index contributed by atoms with van der Waals surface area (Å²) >= 11 is 0. The summed E-state index contributed by atoms with van der Waals surface area (Å²) in [7, 11) is 0. The standard InChI is InChI=1S/C21H26N6O2/c22-19(23)14-7-5-13(6-8-14)11-25-20(28)17-9-10-18-24-12-16(21(29)27(17)18)26-15-3-1-2-4-15/h5-8,12,15,17,26H,1-4,9-11H2,(H3,22,23)(H,25,28)/t17-/m0/s1. The number of fused-ring (bicyclic) bond motifs is 1. The molecule has 2 heterocycles. The van der Waals surface area contributed by atoms with Gasteiger partial charge >= 0.3 is 0 Å². The lowest BCUT2D eigenvalue weighted by Crippen LogP contribution is -2.37. The number of benzene rings is 1. The van der Waals surface area contributed by atoms with E-state index in [2.05, 4.69) is 15.6 Å². The van der Waals surface area contributed by atoms with Gasteiger partial charge in [-0.3, -0.25) is 19.6 Å². The summed E-state index contributed by atoms with van der Waals surface area (Å²) in [6, 6.07) is 6.95. The Bertz CT molecular complexity index is 976. The van der Waals surface area contributed by atoms with Gasteiger partial charge < -0.3 is 16.4 Å². The van der Waals surface area contributed by atoms with Crippen molar-refractivity contribution >= 4 is 17.4 Å². The van der Waals surface area contributed by atoms with Crippen LogP contribution in [0.25, 0.3) is 0 Å². The smallest absolute Gasteiger partial charge is 0.277 e. The Morgan fingerprint density at radius 3 is 2.62 bits per heavy atom. The highest BCUT2D eigenvalue weighted by molar-refractivity contribution is 5.94. The van der Waals surface area contributed by atoms with Crippen LogP contribution in [0, 0.1) is 5.41 Å². The van der Waals surface area contributed by atoms with E-state index in [1.165, 1.54) is 12.8 Å². The third-order valence-electron chi connectivity index (χ3n) is 5.77. The highest BCUT2D eigenvalue weighted by Crippen LogP contribution is 2.25. The van der Waals surface area contributed by atoms with Crippen LogP contribution in [0.3, 0.4) is 0 Å². The van der Waals surface area contributed by atoms with Crippen molar-refractivity contribution in [2.45, 2.75) is 57.2 Å². The van der Waals surface area contributed by atoms with E-state index >= 15 is 0 Å². The highest BCUT2D eigenvalue weighted by Gasteiger charge is 2.31. The van der Waals surface area contributed by atoms with E-state index in [0.29, 0.717) is 42.5 Å². The maximum absolute atomic E-state index is 13.0. The average Bonchev–Trinajstić information content (AvgIpc) is 3.38. The van der Waals surface area contributed by atoms with Gasteiger partial charge in [0.2, 0.25) is 5.91 Å². The molecule has 1 aromatic heterocycles. The number of nitrogens with one attached hydrogen (secondary N) is 3. The van der Waals surface area contributed by atoms with Crippen molar-refractivity contribution in [3.63, 3.8) is 0 Å². The molecule has 1 aliphatic heterocycles.